The van der Waals surface area contributed by atoms with Crippen molar-refractivity contribution >= 4 is 5.97 Å². The van der Waals surface area contributed by atoms with Crippen molar-refractivity contribution in [3.8, 4) is 22.6 Å². The SMILES string of the molecule is CCOc1ccc(-c2ccc(OC(=O)c3ccc(C4CCC(OC)CC4)c(F)c3F)cc2)c(F)c1F. The molecule has 0 N–H and O–H groups in total. The first-order valence-corrected chi connectivity index (χ1v) is 11.8. The van der Waals surface area contributed by atoms with Gasteiger partial charge in [0, 0.05) is 12.7 Å². The normalized spacial score (nSPS) is 17.6. The summed E-state index contributed by atoms with van der Waals surface area (Å²) in [5, 5.41) is 0. The molecule has 0 aliphatic heterocycles. The van der Waals surface area contributed by atoms with E-state index in [9.17, 15) is 22.4 Å². The van der Waals surface area contributed by atoms with Gasteiger partial charge in [0.2, 0.25) is 5.82 Å². The first kappa shape index (κ1) is 25.7. The quantitative estimate of drug-likeness (QED) is 0.195. The Balaban J connectivity index is 1.47. The van der Waals surface area contributed by atoms with Gasteiger partial charge in [0.05, 0.1) is 18.3 Å². The lowest BCUT2D eigenvalue weighted by Gasteiger charge is -2.28. The summed E-state index contributed by atoms with van der Waals surface area (Å²) in [6, 6.07) is 10.9. The molecular weight excluding hydrogens is 476 g/mol. The van der Waals surface area contributed by atoms with Crippen molar-refractivity contribution < 1.29 is 36.6 Å². The number of carbonyl (C=O) groups is 1. The van der Waals surface area contributed by atoms with Gasteiger partial charge in [-0.1, -0.05) is 18.2 Å². The molecule has 8 heteroatoms. The van der Waals surface area contributed by atoms with Crippen molar-refractivity contribution in [2.45, 2.75) is 44.6 Å². The van der Waals surface area contributed by atoms with Gasteiger partial charge in [-0.05, 0) is 80.0 Å². The van der Waals surface area contributed by atoms with Crippen LogP contribution in [0.2, 0.25) is 0 Å². The summed E-state index contributed by atoms with van der Waals surface area (Å²) < 4.78 is 73.8. The summed E-state index contributed by atoms with van der Waals surface area (Å²) in [4.78, 5) is 12.5. The van der Waals surface area contributed by atoms with Crippen LogP contribution in [-0.2, 0) is 4.74 Å². The van der Waals surface area contributed by atoms with E-state index in [0.29, 0.717) is 18.4 Å². The lowest BCUT2D eigenvalue weighted by molar-refractivity contribution is 0.0654. The van der Waals surface area contributed by atoms with Crippen molar-refractivity contribution in [2.24, 2.45) is 0 Å². The second kappa shape index (κ2) is 11.1. The van der Waals surface area contributed by atoms with E-state index >= 15 is 0 Å². The minimum atomic E-state index is -1.25. The molecule has 0 unspecified atom stereocenters. The molecule has 0 amide bonds. The zero-order chi connectivity index (χ0) is 25.8. The number of methoxy groups -OCH3 is 1. The van der Waals surface area contributed by atoms with E-state index in [1.165, 1.54) is 48.5 Å². The van der Waals surface area contributed by atoms with Crippen LogP contribution in [0.4, 0.5) is 17.6 Å². The highest BCUT2D eigenvalue weighted by molar-refractivity contribution is 5.91. The lowest BCUT2D eigenvalue weighted by atomic mass is 9.82. The molecule has 1 fully saturated rings. The van der Waals surface area contributed by atoms with Crippen molar-refractivity contribution in [1.82, 2.24) is 0 Å². The molecule has 1 saturated carbocycles. The van der Waals surface area contributed by atoms with E-state index in [2.05, 4.69) is 0 Å². The Bertz CT molecular complexity index is 1240. The van der Waals surface area contributed by atoms with Crippen molar-refractivity contribution in [1.29, 1.82) is 0 Å². The fourth-order valence-electron chi connectivity index (χ4n) is 4.53. The summed E-state index contributed by atoms with van der Waals surface area (Å²) in [7, 11) is 1.64. The summed E-state index contributed by atoms with van der Waals surface area (Å²) in [5.74, 6) is -5.83. The summed E-state index contributed by atoms with van der Waals surface area (Å²) in [5.41, 5.74) is 0.0502. The van der Waals surface area contributed by atoms with Crippen LogP contribution >= 0.6 is 0 Å². The van der Waals surface area contributed by atoms with Crippen LogP contribution in [0.25, 0.3) is 11.1 Å². The topological polar surface area (TPSA) is 44.8 Å². The molecule has 190 valence electrons. The Kier molecular flexibility index (Phi) is 7.94. The van der Waals surface area contributed by atoms with Gasteiger partial charge in [0.1, 0.15) is 5.75 Å². The summed E-state index contributed by atoms with van der Waals surface area (Å²) in [6.45, 7) is 1.85. The number of benzene rings is 3. The highest BCUT2D eigenvalue weighted by Crippen LogP contribution is 2.36. The molecule has 0 aromatic heterocycles. The average molecular weight is 503 g/mol. The molecule has 0 heterocycles. The molecule has 0 saturated heterocycles. The zero-order valence-corrected chi connectivity index (χ0v) is 20.0. The van der Waals surface area contributed by atoms with Crippen molar-refractivity contribution in [3.63, 3.8) is 0 Å². The number of ether oxygens (including phenoxy) is 3. The van der Waals surface area contributed by atoms with E-state index < -0.39 is 34.8 Å². The minimum Gasteiger partial charge on any atom is -0.491 e. The van der Waals surface area contributed by atoms with Gasteiger partial charge in [0.25, 0.3) is 0 Å². The van der Waals surface area contributed by atoms with Crippen LogP contribution in [0.1, 0.15) is 54.4 Å². The smallest absolute Gasteiger partial charge is 0.346 e. The Hall–Kier alpha value is -3.39. The molecule has 0 spiro atoms. The van der Waals surface area contributed by atoms with Crippen LogP contribution < -0.4 is 9.47 Å². The third-order valence-electron chi connectivity index (χ3n) is 6.50. The molecule has 0 radical (unpaired) electrons. The monoisotopic (exact) mass is 502 g/mol. The fraction of sp³-hybridized carbons (Fsp3) is 0.321. The average Bonchev–Trinajstić information content (AvgIpc) is 2.89. The molecule has 3 aromatic carbocycles. The van der Waals surface area contributed by atoms with Crippen LogP contribution in [0.15, 0.2) is 48.5 Å². The number of halogens is 4. The van der Waals surface area contributed by atoms with Gasteiger partial charge in [0.15, 0.2) is 23.2 Å². The van der Waals surface area contributed by atoms with Crippen molar-refractivity contribution in [2.75, 3.05) is 13.7 Å². The maximum atomic E-state index is 14.8. The Morgan fingerprint density at radius 1 is 0.833 bits per heavy atom. The number of hydrogen-bond acceptors (Lipinski definition) is 4. The molecule has 0 atom stereocenters. The Morgan fingerprint density at radius 2 is 1.53 bits per heavy atom. The third-order valence-corrected chi connectivity index (χ3v) is 6.50. The molecule has 1 aliphatic carbocycles. The standard InChI is InChI=1S/C28H26F4O4/c1-3-35-23-15-14-21(25(30)27(23)32)17-6-10-19(11-7-17)36-28(33)22-13-12-20(24(29)26(22)31)16-4-8-18(34-2)9-5-16/h6-7,10-16,18H,3-5,8-9H2,1-2H3. The third kappa shape index (κ3) is 5.23. The van der Waals surface area contributed by atoms with E-state index in [4.69, 9.17) is 14.2 Å². The van der Waals surface area contributed by atoms with Gasteiger partial charge < -0.3 is 14.2 Å². The first-order chi connectivity index (χ1) is 17.3. The van der Waals surface area contributed by atoms with Gasteiger partial charge in [-0.2, -0.15) is 4.39 Å². The highest BCUT2D eigenvalue weighted by Gasteiger charge is 2.28. The lowest BCUT2D eigenvalue weighted by Crippen LogP contribution is -2.20. The van der Waals surface area contributed by atoms with E-state index in [-0.39, 0.29) is 41.3 Å². The van der Waals surface area contributed by atoms with Crippen molar-refractivity contribution in [3.05, 3.63) is 82.9 Å². The minimum absolute atomic E-state index is 0.00272. The second-order valence-electron chi connectivity index (χ2n) is 8.63. The largest absolute Gasteiger partial charge is 0.491 e. The summed E-state index contributed by atoms with van der Waals surface area (Å²) >= 11 is 0. The Morgan fingerprint density at radius 3 is 2.17 bits per heavy atom. The molecule has 3 aromatic rings. The fourth-order valence-corrected chi connectivity index (χ4v) is 4.53. The predicted molar refractivity (Wildman–Crippen MR) is 126 cm³/mol. The van der Waals surface area contributed by atoms with Gasteiger partial charge in [-0.3, -0.25) is 0 Å². The second-order valence-corrected chi connectivity index (χ2v) is 8.63. The number of esters is 1. The summed E-state index contributed by atoms with van der Waals surface area (Å²) in [6.07, 6.45) is 2.98. The maximum Gasteiger partial charge on any atom is 0.346 e. The first-order valence-electron chi connectivity index (χ1n) is 11.8. The zero-order valence-electron chi connectivity index (χ0n) is 20.0. The predicted octanol–water partition coefficient (Wildman–Crippen LogP) is 7.20. The molecule has 36 heavy (non-hydrogen) atoms. The van der Waals surface area contributed by atoms with Gasteiger partial charge in [-0.15, -0.1) is 0 Å². The number of rotatable bonds is 7. The van der Waals surface area contributed by atoms with Gasteiger partial charge >= 0.3 is 5.97 Å². The van der Waals surface area contributed by atoms with E-state index in [1.807, 2.05) is 0 Å². The molecule has 1 aliphatic rings. The maximum absolute atomic E-state index is 14.8. The van der Waals surface area contributed by atoms with Crippen LogP contribution in [-0.4, -0.2) is 25.8 Å². The molecule has 0 bridgehead atoms. The van der Waals surface area contributed by atoms with Gasteiger partial charge in [-0.25, -0.2) is 18.0 Å². The van der Waals surface area contributed by atoms with Crippen LogP contribution in [0, 0.1) is 23.3 Å². The Labute approximate surface area is 206 Å². The number of hydrogen-bond donors (Lipinski definition) is 0. The van der Waals surface area contributed by atoms with E-state index in [0.717, 1.165) is 12.8 Å². The molecule has 4 nitrogen and oxygen atoms in total. The molecule has 4 rings (SSSR count). The number of carbonyl (C=O) groups excluding carboxylic acids is 1. The molecular formula is C28H26F4O4. The van der Waals surface area contributed by atoms with E-state index in [1.54, 1.807) is 14.0 Å². The van der Waals surface area contributed by atoms with Crippen LogP contribution in [0.3, 0.4) is 0 Å². The highest BCUT2D eigenvalue weighted by atomic mass is 19.2. The van der Waals surface area contributed by atoms with Crippen LogP contribution in [0.5, 0.6) is 11.5 Å².